The standard InChI is InChI=1S/C128H126B2N6Si2/c1-121(2,3)88-54-58-92(59-55-88)131-106-73-91(74-114-120(106)130-115-107(131)75-96(135-101-60-52-85(80-36-21-20-22-37-80)68-99(101)125(12)62-29-31-64-127(125,135)14)78-110(115)134(105-46-35-49-113(119(105)130)138(114,18)19)95-71-89(122(4,5)6)70-90(72-95)123(7,8)9)124(10,11)79-87-42-27-28-43-98(87)86-53-61-102-100(69-86)126(13)63-30-32-65-128(126,15)136(102)97-76-108-116-109(77-97)133(94-57-51-82-39-24-26-41-84(82)67-94)104-45-34-48-112-118(104)129(116)117-103(44-33-47-111(117)137(112,16)17)132(108)93-56-50-81-38-23-25-40-83(81)66-93/h20-28,33-61,66-78H,29-32,62-65,79H2,1-19H3. The van der Waals surface area contributed by atoms with E-state index in [9.17, 15) is 0 Å². The summed E-state index contributed by atoms with van der Waals surface area (Å²) in [4.78, 5) is 16.8. The van der Waals surface area contributed by atoms with Crippen molar-refractivity contribution in [1.82, 2.24) is 0 Å². The molecule has 0 saturated heterocycles. The molecular formula is C128H126B2N6Si2. The normalized spacial score (nSPS) is 20.6. The largest absolute Gasteiger partial charge is 0.334 e. The van der Waals surface area contributed by atoms with Crippen molar-refractivity contribution in [3.8, 4) is 22.3 Å². The molecule has 16 aromatic rings. The maximum atomic E-state index is 2.88. The first-order valence-electron chi connectivity index (χ1n) is 51.5. The molecule has 10 aliphatic rings. The van der Waals surface area contributed by atoms with Gasteiger partial charge in [-0.15, -0.1) is 0 Å². The number of nitrogens with zero attached hydrogens (tertiary/aromatic N) is 6. The number of anilines is 16. The van der Waals surface area contributed by atoms with E-state index < -0.39 is 16.1 Å². The lowest BCUT2D eigenvalue weighted by Crippen LogP contribution is -2.79. The van der Waals surface area contributed by atoms with Crippen LogP contribution in [0.25, 0.3) is 43.8 Å². The number of hydrogen-bond donors (Lipinski definition) is 0. The van der Waals surface area contributed by atoms with Crippen LogP contribution in [-0.2, 0) is 38.9 Å². The van der Waals surface area contributed by atoms with E-state index in [0.29, 0.717) is 0 Å². The fraction of sp³-hybridized carbons (Fsp3) is 0.281. The van der Waals surface area contributed by atoms with E-state index in [1.807, 2.05) is 0 Å². The van der Waals surface area contributed by atoms with Crippen LogP contribution in [0.3, 0.4) is 0 Å². The lowest BCUT2D eigenvalue weighted by Gasteiger charge is -2.52. The molecule has 0 spiro atoms. The van der Waals surface area contributed by atoms with E-state index in [1.54, 1.807) is 20.7 Å². The van der Waals surface area contributed by atoms with Gasteiger partial charge in [-0.25, -0.2) is 0 Å². The first-order valence-corrected chi connectivity index (χ1v) is 57.5. The summed E-state index contributed by atoms with van der Waals surface area (Å²) in [6.07, 6.45) is 9.97. The Bertz CT molecular complexity index is 7750. The number of hydrogen-bond acceptors (Lipinski definition) is 6. The molecule has 682 valence electrons. The summed E-state index contributed by atoms with van der Waals surface area (Å²) in [6, 6.07) is 124. The molecule has 16 aromatic carbocycles. The van der Waals surface area contributed by atoms with Crippen molar-refractivity contribution in [3.05, 3.63) is 348 Å². The molecule has 0 N–H and O–H groups in total. The van der Waals surface area contributed by atoms with E-state index in [2.05, 4.69) is 469 Å². The maximum Gasteiger partial charge on any atom is 0.251 e. The molecule has 0 bridgehead atoms. The van der Waals surface area contributed by atoms with Crippen molar-refractivity contribution in [3.63, 3.8) is 0 Å². The fourth-order valence-electron chi connectivity index (χ4n) is 28.6. The summed E-state index contributed by atoms with van der Waals surface area (Å²) >= 11 is 0. The Morgan fingerprint density at radius 2 is 0.667 bits per heavy atom. The first kappa shape index (κ1) is 85.8. The second-order valence-corrected chi connectivity index (χ2v) is 57.1. The summed E-state index contributed by atoms with van der Waals surface area (Å²) in [7, 11) is -4.92. The van der Waals surface area contributed by atoms with Gasteiger partial charge in [0.1, 0.15) is 16.1 Å². The molecule has 2 saturated carbocycles. The maximum absolute atomic E-state index is 2.88. The highest BCUT2D eigenvalue weighted by Gasteiger charge is 2.62. The van der Waals surface area contributed by atoms with Gasteiger partial charge in [-0.1, -0.05) is 351 Å². The molecule has 8 heterocycles. The zero-order valence-corrected chi connectivity index (χ0v) is 86.1. The van der Waals surface area contributed by atoms with Gasteiger partial charge in [0.15, 0.2) is 0 Å². The minimum atomic E-state index is -2.63. The Morgan fingerprint density at radius 1 is 0.268 bits per heavy atom. The highest BCUT2D eigenvalue weighted by atomic mass is 28.3. The molecule has 2 fully saturated rings. The minimum Gasteiger partial charge on any atom is -0.334 e. The second-order valence-electron chi connectivity index (χ2n) is 48.4. The summed E-state index contributed by atoms with van der Waals surface area (Å²) in [6.45, 7) is 47.9. The van der Waals surface area contributed by atoms with Gasteiger partial charge in [-0.05, 0) is 304 Å². The molecule has 6 nitrogen and oxygen atoms in total. The van der Waals surface area contributed by atoms with Crippen molar-refractivity contribution in [1.29, 1.82) is 0 Å². The van der Waals surface area contributed by atoms with Crippen LogP contribution in [0.5, 0.6) is 0 Å². The lowest BCUT2D eigenvalue weighted by molar-refractivity contribution is 0.195. The third kappa shape index (κ3) is 11.9. The monoisotopic (exact) mass is 1820 g/mol. The molecule has 4 unspecified atom stereocenters. The molecule has 8 aliphatic heterocycles. The Kier molecular flexibility index (Phi) is 18.2. The van der Waals surface area contributed by atoms with Crippen LogP contribution in [-0.4, -0.2) is 40.7 Å². The summed E-state index contributed by atoms with van der Waals surface area (Å²) in [5.74, 6) is 0. The van der Waals surface area contributed by atoms with Crippen molar-refractivity contribution in [2.75, 3.05) is 29.4 Å². The average molecular weight is 1830 g/mol. The Labute approximate surface area is 821 Å². The molecule has 26 rings (SSSR count). The van der Waals surface area contributed by atoms with Crippen LogP contribution in [0.4, 0.5) is 91.0 Å². The molecule has 2 aliphatic carbocycles. The topological polar surface area (TPSA) is 19.4 Å². The predicted octanol–water partition coefficient (Wildman–Crippen LogP) is 27.7. The van der Waals surface area contributed by atoms with Gasteiger partial charge in [0, 0.05) is 102 Å². The molecule has 0 amide bonds. The van der Waals surface area contributed by atoms with Gasteiger partial charge in [0.05, 0.1) is 11.1 Å². The van der Waals surface area contributed by atoms with E-state index in [0.717, 1.165) is 32.1 Å². The highest BCUT2D eigenvalue weighted by molar-refractivity contribution is 7.17. The van der Waals surface area contributed by atoms with Crippen LogP contribution in [0.2, 0.25) is 26.2 Å². The molecule has 138 heavy (non-hydrogen) atoms. The number of fused-ring (bicyclic) bond motifs is 8. The zero-order chi connectivity index (χ0) is 94.7. The van der Waals surface area contributed by atoms with Gasteiger partial charge in [0.2, 0.25) is 0 Å². The first-order chi connectivity index (χ1) is 66.0. The quantitative estimate of drug-likeness (QED) is 0.119. The van der Waals surface area contributed by atoms with Gasteiger partial charge in [0.25, 0.3) is 13.4 Å². The summed E-state index contributed by atoms with van der Waals surface area (Å²) < 4.78 is 0. The predicted molar refractivity (Wildman–Crippen MR) is 599 cm³/mol. The Hall–Kier alpha value is -12.6. The SMILES string of the molecule is CC(C)(C)c1ccc(N2c3cc(N4c5ccc(-c6ccccc6)cc5C5(C)CCCCC45C)cc4c3B3c5c(cccc5[Si](C)(C)c5cc(C(C)(C)Cc6ccccc6-c6ccc7c(c6)C6(C)CCCCC6(C)N7c6cc7c8c(c6)N(c6ccc9ccccc9c6)c6cccc9c6B8c6c(cccc6[Si]9(C)C)N7c6ccc7ccccc7c6)cc2c53)N4c2cc(C(C)(C)C)cc(C(C)(C)C)c2)cc1. The minimum absolute atomic E-state index is 0.0238. The van der Waals surface area contributed by atoms with Crippen molar-refractivity contribution >= 4 is 196 Å². The molecule has 0 radical (unpaired) electrons. The van der Waals surface area contributed by atoms with E-state index in [1.165, 1.54) is 232 Å². The third-order valence-electron chi connectivity index (χ3n) is 36.5. The third-order valence-corrected chi connectivity index (χ3v) is 43.6. The van der Waals surface area contributed by atoms with E-state index in [-0.39, 0.29) is 57.0 Å². The van der Waals surface area contributed by atoms with Crippen LogP contribution < -0.4 is 82.9 Å². The summed E-state index contributed by atoms with van der Waals surface area (Å²) in [5.41, 5.74) is 42.6. The van der Waals surface area contributed by atoms with Crippen molar-refractivity contribution in [2.45, 2.75) is 231 Å². The Balaban J connectivity index is 0.649. The van der Waals surface area contributed by atoms with Crippen LogP contribution >= 0.6 is 0 Å². The molecule has 4 atom stereocenters. The van der Waals surface area contributed by atoms with Crippen LogP contribution in [0.1, 0.15) is 194 Å². The number of benzene rings is 16. The smallest absolute Gasteiger partial charge is 0.251 e. The van der Waals surface area contributed by atoms with Crippen molar-refractivity contribution in [2.24, 2.45) is 0 Å². The van der Waals surface area contributed by atoms with Crippen LogP contribution in [0.15, 0.2) is 309 Å². The van der Waals surface area contributed by atoms with Gasteiger partial charge < -0.3 is 29.4 Å². The summed E-state index contributed by atoms with van der Waals surface area (Å²) in [5, 5.41) is 11.2. The molecule has 10 heteroatoms. The fourth-order valence-corrected chi connectivity index (χ4v) is 35.0. The van der Waals surface area contributed by atoms with Crippen LogP contribution in [0, 0.1) is 0 Å². The van der Waals surface area contributed by atoms with Gasteiger partial charge >= 0.3 is 0 Å². The lowest BCUT2D eigenvalue weighted by atomic mass is 9.33. The van der Waals surface area contributed by atoms with Gasteiger partial charge in [-0.2, -0.15) is 0 Å². The van der Waals surface area contributed by atoms with Gasteiger partial charge in [-0.3, -0.25) is 0 Å². The highest BCUT2D eigenvalue weighted by Crippen LogP contribution is 2.66. The average Bonchev–Trinajstić information content (AvgIpc) is 0.717. The zero-order valence-electron chi connectivity index (χ0n) is 84.1. The number of rotatable bonds is 11. The van der Waals surface area contributed by atoms with Crippen molar-refractivity contribution < 1.29 is 0 Å². The second kappa shape index (κ2) is 29.3. The molecular weight excluding hydrogens is 1700 g/mol. The Morgan fingerprint density at radius 3 is 1.15 bits per heavy atom. The molecule has 0 aromatic heterocycles. The van der Waals surface area contributed by atoms with E-state index >= 15 is 0 Å². The van der Waals surface area contributed by atoms with E-state index in [4.69, 9.17) is 0 Å².